The van der Waals surface area contributed by atoms with E-state index in [1.807, 2.05) is 44.4 Å². The molecule has 2 rings (SSSR count). The molecule has 3 nitrogen and oxygen atoms in total. The molecule has 2 aromatic rings. The van der Waals surface area contributed by atoms with Gasteiger partial charge in [0.2, 0.25) is 0 Å². The number of anilines is 1. The monoisotopic (exact) mass is 361 g/mol. The molecule has 2 aromatic heterocycles. The van der Waals surface area contributed by atoms with Crippen LogP contribution in [0, 0.1) is 6.92 Å². The summed E-state index contributed by atoms with van der Waals surface area (Å²) in [7, 11) is 0. The van der Waals surface area contributed by atoms with Crippen molar-refractivity contribution in [3.63, 3.8) is 0 Å². The maximum atomic E-state index is 4.61. The summed E-state index contributed by atoms with van der Waals surface area (Å²) < 4.78 is 0. The van der Waals surface area contributed by atoms with E-state index in [4.69, 9.17) is 0 Å². The summed E-state index contributed by atoms with van der Waals surface area (Å²) in [5.41, 5.74) is 6.28. The van der Waals surface area contributed by atoms with E-state index in [1.54, 1.807) is 0 Å². The van der Waals surface area contributed by atoms with Crippen molar-refractivity contribution < 1.29 is 0 Å². The highest BCUT2D eigenvalue weighted by molar-refractivity contribution is 5.89. The number of rotatable bonds is 9. The molecular weight excluding hydrogens is 330 g/mol. The van der Waals surface area contributed by atoms with Gasteiger partial charge in [-0.25, -0.2) is 4.98 Å². The van der Waals surface area contributed by atoms with Crippen molar-refractivity contribution in [2.45, 2.75) is 40.5 Å². The lowest BCUT2D eigenvalue weighted by atomic mass is 9.91. The second kappa shape index (κ2) is 9.86. The number of hydrogen-bond donors (Lipinski definition) is 0. The lowest BCUT2D eigenvalue weighted by Gasteiger charge is -2.23. The van der Waals surface area contributed by atoms with Crippen LogP contribution in [0.1, 0.15) is 56.0 Å². The highest BCUT2D eigenvalue weighted by Gasteiger charge is 2.15. The van der Waals surface area contributed by atoms with E-state index in [2.05, 4.69) is 54.0 Å². The van der Waals surface area contributed by atoms with E-state index in [0.29, 0.717) is 0 Å². The summed E-state index contributed by atoms with van der Waals surface area (Å²) in [6, 6.07) is 6.21. The van der Waals surface area contributed by atoms with Crippen LogP contribution in [0.4, 0.5) is 5.82 Å². The quantitative estimate of drug-likeness (QED) is 0.508. The summed E-state index contributed by atoms with van der Waals surface area (Å²) in [6.45, 7) is 18.8. The Balaban J connectivity index is 2.50. The molecule has 0 aromatic carbocycles. The molecule has 0 bridgehead atoms. The van der Waals surface area contributed by atoms with Gasteiger partial charge in [-0.1, -0.05) is 39.2 Å². The molecule has 0 saturated heterocycles. The second-order valence-electron chi connectivity index (χ2n) is 6.64. The number of nitrogens with zero attached hydrogens (tertiary/aromatic N) is 3. The first-order valence-corrected chi connectivity index (χ1v) is 9.72. The zero-order valence-electron chi connectivity index (χ0n) is 17.1. The molecule has 0 aliphatic rings. The SMILES string of the molecule is C=C/C(=C\C)c1ccnc(C)c1C(=C)c1ccnc(N(CCC)CCC)c1. The van der Waals surface area contributed by atoms with Crippen molar-refractivity contribution in [3.8, 4) is 0 Å². The molecule has 0 unspecified atom stereocenters. The van der Waals surface area contributed by atoms with Crippen LogP contribution in [-0.2, 0) is 0 Å². The van der Waals surface area contributed by atoms with E-state index in [0.717, 1.165) is 65.3 Å². The Morgan fingerprint density at radius 2 is 1.78 bits per heavy atom. The fraction of sp³-hybridized carbons (Fsp3) is 0.333. The summed E-state index contributed by atoms with van der Waals surface area (Å²) in [5, 5.41) is 0. The number of hydrogen-bond acceptors (Lipinski definition) is 3. The van der Waals surface area contributed by atoms with Gasteiger partial charge in [0.1, 0.15) is 5.82 Å². The Labute approximate surface area is 164 Å². The molecular formula is C24H31N3. The molecule has 142 valence electrons. The standard InChI is InChI=1S/C24H31N3/c1-7-15-27(16-8-2)23-17-21(11-13-26-23)18(5)24-19(6)25-14-12-22(24)20(9-3)10-4/h9-14,17H,3,5,7-8,15-16H2,1-2,4,6H3/b20-10+. The zero-order valence-corrected chi connectivity index (χ0v) is 17.1. The Bertz CT molecular complexity index is 827. The molecule has 0 aliphatic heterocycles. The number of allylic oxidation sites excluding steroid dienone is 3. The first kappa shape index (κ1) is 20.6. The first-order valence-electron chi connectivity index (χ1n) is 9.72. The largest absolute Gasteiger partial charge is 0.357 e. The predicted molar refractivity (Wildman–Crippen MR) is 118 cm³/mol. The molecule has 0 atom stereocenters. The molecule has 0 radical (unpaired) electrons. The van der Waals surface area contributed by atoms with Gasteiger partial charge in [-0.3, -0.25) is 4.98 Å². The number of aromatic nitrogens is 2. The van der Waals surface area contributed by atoms with Gasteiger partial charge < -0.3 is 4.90 Å². The van der Waals surface area contributed by atoms with Gasteiger partial charge in [0.15, 0.2) is 0 Å². The van der Waals surface area contributed by atoms with Crippen LogP contribution in [0.2, 0.25) is 0 Å². The lowest BCUT2D eigenvalue weighted by Crippen LogP contribution is -2.25. The molecule has 0 saturated carbocycles. The Morgan fingerprint density at radius 1 is 1.11 bits per heavy atom. The topological polar surface area (TPSA) is 29.0 Å². The third-order valence-corrected chi connectivity index (χ3v) is 4.69. The van der Waals surface area contributed by atoms with Crippen molar-refractivity contribution >= 4 is 17.0 Å². The third kappa shape index (κ3) is 4.73. The summed E-state index contributed by atoms with van der Waals surface area (Å²) >= 11 is 0. The minimum absolute atomic E-state index is 0.966. The second-order valence-corrected chi connectivity index (χ2v) is 6.64. The van der Waals surface area contributed by atoms with E-state index in [9.17, 15) is 0 Å². The van der Waals surface area contributed by atoms with Crippen molar-refractivity contribution in [3.05, 3.63) is 78.3 Å². The van der Waals surface area contributed by atoms with Gasteiger partial charge in [-0.05, 0) is 67.2 Å². The smallest absolute Gasteiger partial charge is 0.129 e. The van der Waals surface area contributed by atoms with Crippen molar-refractivity contribution in [1.29, 1.82) is 0 Å². The van der Waals surface area contributed by atoms with Crippen LogP contribution in [0.15, 0.2) is 55.9 Å². The maximum absolute atomic E-state index is 4.61. The molecule has 27 heavy (non-hydrogen) atoms. The van der Waals surface area contributed by atoms with Crippen LogP contribution in [0.3, 0.4) is 0 Å². The summed E-state index contributed by atoms with van der Waals surface area (Å²) in [5.74, 6) is 1.01. The van der Waals surface area contributed by atoms with E-state index < -0.39 is 0 Å². The van der Waals surface area contributed by atoms with E-state index in [1.165, 1.54) is 0 Å². The van der Waals surface area contributed by atoms with Gasteiger partial charge in [0.25, 0.3) is 0 Å². The van der Waals surface area contributed by atoms with E-state index >= 15 is 0 Å². The summed E-state index contributed by atoms with van der Waals surface area (Å²) in [6.07, 6.45) is 9.88. The fourth-order valence-corrected chi connectivity index (χ4v) is 3.38. The maximum Gasteiger partial charge on any atom is 0.129 e. The lowest BCUT2D eigenvalue weighted by molar-refractivity contribution is 0.734. The molecule has 0 aliphatic carbocycles. The van der Waals surface area contributed by atoms with Crippen molar-refractivity contribution in [2.24, 2.45) is 0 Å². The van der Waals surface area contributed by atoms with Gasteiger partial charge in [-0.15, -0.1) is 0 Å². The average Bonchev–Trinajstić information content (AvgIpc) is 2.68. The van der Waals surface area contributed by atoms with Crippen LogP contribution >= 0.6 is 0 Å². The van der Waals surface area contributed by atoms with Gasteiger partial charge in [-0.2, -0.15) is 0 Å². The van der Waals surface area contributed by atoms with Crippen LogP contribution in [0.5, 0.6) is 0 Å². The average molecular weight is 362 g/mol. The Kier molecular flexibility index (Phi) is 7.54. The Hall–Kier alpha value is -2.68. The highest BCUT2D eigenvalue weighted by Crippen LogP contribution is 2.32. The first-order chi connectivity index (χ1) is 13.1. The minimum atomic E-state index is 0.966. The predicted octanol–water partition coefficient (Wildman–Crippen LogP) is 6.06. The van der Waals surface area contributed by atoms with Crippen molar-refractivity contribution in [2.75, 3.05) is 18.0 Å². The van der Waals surface area contributed by atoms with Crippen LogP contribution in [0.25, 0.3) is 11.1 Å². The van der Waals surface area contributed by atoms with Crippen LogP contribution < -0.4 is 4.90 Å². The normalized spacial score (nSPS) is 11.3. The molecule has 2 heterocycles. The molecule has 3 heteroatoms. The minimum Gasteiger partial charge on any atom is -0.357 e. The summed E-state index contributed by atoms with van der Waals surface area (Å²) in [4.78, 5) is 11.5. The zero-order chi connectivity index (χ0) is 19.8. The van der Waals surface area contributed by atoms with Crippen molar-refractivity contribution in [1.82, 2.24) is 9.97 Å². The fourth-order valence-electron chi connectivity index (χ4n) is 3.38. The highest BCUT2D eigenvalue weighted by atomic mass is 15.2. The van der Waals surface area contributed by atoms with Crippen LogP contribution in [-0.4, -0.2) is 23.1 Å². The molecule has 0 N–H and O–H groups in total. The van der Waals surface area contributed by atoms with Gasteiger partial charge in [0, 0.05) is 36.7 Å². The van der Waals surface area contributed by atoms with Gasteiger partial charge >= 0.3 is 0 Å². The number of aryl methyl sites for hydroxylation is 1. The Morgan fingerprint density at radius 3 is 2.37 bits per heavy atom. The van der Waals surface area contributed by atoms with E-state index in [-0.39, 0.29) is 0 Å². The molecule has 0 fully saturated rings. The molecule has 0 spiro atoms. The number of pyridine rings is 2. The third-order valence-electron chi connectivity index (χ3n) is 4.69. The molecule has 0 amide bonds. The van der Waals surface area contributed by atoms with Gasteiger partial charge in [0.05, 0.1) is 0 Å².